The number of aromatic nitrogens is 3. The lowest BCUT2D eigenvalue weighted by atomic mass is 9.92. The van der Waals surface area contributed by atoms with E-state index in [1.807, 2.05) is 11.8 Å². The van der Waals surface area contributed by atoms with Gasteiger partial charge in [0.25, 0.3) is 11.5 Å². The maximum absolute atomic E-state index is 12.8. The summed E-state index contributed by atoms with van der Waals surface area (Å²) >= 11 is 0. The average molecular weight is 402 g/mol. The van der Waals surface area contributed by atoms with Crippen LogP contribution in [0.3, 0.4) is 0 Å². The Morgan fingerprint density at radius 1 is 1.13 bits per heavy atom. The molecule has 0 aliphatic carbocycles. The van der Waals surface area contributed by atoms with Gasteiger partial charge in [-0.25, -0.2) is 5.10 Å². The van der Waals surface area contributed by atoms with E-state index in [9.17, 15) is 9.59 Å². The Morgan fingerprint density at radius 3 is 2.77 bits per heavy atom. The molecule has 3 heterocycles. The van der Waals surface area contributed by atoms with E-state index in [4.69, 9.17) is 4.98 Å². The number of piperidine rings is 1. The Morgan fingerprint density at radius 2 is 2.00 bits per heavy atom. The molecular formula is C24H26N4O2. The first-order valence-corrected chi connectivity index (χ1v) is 10.4. The second kappa shape index (κ2) is 8.61. The van der Waals surface area contributed by atoms with Crippen molar-refractivity contribution in [2.45, 2.75) is 39.0 Å². The summed E-state index contributed by atoms with van der Waals surface area (Å²) < 4.78 is 0. The maximum Gasteiger partial charge on any atom is 0.274 e. The molecule has 0 bridgehead atoms. The second-order valence-electron chi connectivity index (χ2n) is 8.10. The third-order valence-corrected chi connectivity index (χ3v) is 5.55. The lowest BCUT2D eigenvalue weighted by molar-refractivity contribution is 0.0698. The van der Waals surface area contributed by atoms with E-state index in [1.54, 1.807) is 0 Å². The van der Waals surface area contributed by atoms with E-state index in [-0.39, 0.29) is 23.1 Å². The Hall–Kier alpha value is -3.28. The molecule has 1 aliphatic heterocycles. The van der Waals surface area contributed by atoms with E-state index in [2.05, 4.69) is 53.5 Å². The number of hydrogen-bond donors (Lipinski definition) is 1. The van der Waals surface area contributed by atoms with Gasteiger partial charge in [-0.1, -0.05) is 29.8 Å². The van der Waals surface area contributed by atoms with E-state index in [1.165, 1.54) is 28.8 Å². The van der Waals surface area contributed by atoms with Crippen molar-refractivity contribution in [2.24, 2.45) is 0 Å². The zero-order valence-corrected chi connectivity index (χ0v) is 17.4. The van der Waals surface area contributed by atoms with Crippen LogP contribution in [0.4, 0.5) is 0 Å². The van der Waals surface area contributed by atoms with E-state index >= 15 is 0 Å². The average Bonchev–Trinajstić information content (AvgIpc) is 2.73. The van der Waals surface area contributed by atoms with Gasteiger partial charge < -0.3 is 4.90 Å². The van der Waals surface area contributed by atoms with E-state index in [0.29, 0.717) is 13.1 Å². The monoisotopic (exact) mass is 402 g/mol. The van der Waals surface area contributed by atoms with Crippen molar-refractivity contribution in [1.82, 2.24) is 20.1 Å². The highest BCUT2D eigenvalue weighted by molar-refractivity contribution is 5.92. The third-order valence-electron chi connectivity index (χ3n) is 5.55. The molecule has 30 heavy (non-hydrogen) atoms. The molecule has 1 atom stereocenters. The molecule has 154 valence electrons. The first-order valence-electron chi connectivity index (χ1n) is 10.4. The molecule has 1 fully saturated rings. The molecule has 1 aromatic carbocycles. The minimum atomic E-state index is -0.312. The highest BCUT2D eigenvalue weighted by Crippen LogP contribution is 2.28. The number of benzene rings is 1. The first kappa shape index (κ1) is 20.0. The number of aromatic amines is 1. The molecule has 0 radical (unpaired) electrons. The van der Waals surface area contributed by atoms with E-state index < -0.39 is 0 Å². The van der Waals surface area contributed by atoms with Crippen molar-refractivity contribution < 1.29 is 4.79 Å². The zero-order valence-electron chi connectivity index (χ0n) is 17.4. The number of pyridine rings is 1. The van der Waals surface area contributed by atoms with Crippen LogP contribution in [0, 0.1) is 13.8 Å². The highest BCUT2D eigenvalue weighted by atomic mass is 16.2. The third kappa shape index (κ3) is 4.64. The Labute approximate surface area is 176 Å². The largest absolute Gasteiger partial charge is 0.337 e. The van der Waals surface area contributed by atoms with Gasteiger partial charge in [0.15, 0.2) is 0 Å². The topological polar surface area (TPSA) is 79.0 Å². The van der Waals surface area contributed by atoms with Gasteiger partial charge in [0.05, 0.1) is 0 Å². The standard InChI is InChI=1S/C24H26N4O2/c1-16-5-3-6-18(11-16)13-19-12-17(2)25-22(14-19)20-7-4-10-28(15-20)24(30)21-8-9-23(29)27-26-21/h3,5-6,8-9,11-12,14,20H,4,7,10,13,15H2,1-2H3,(H,27,29). The second-order valence-corrected chi connectivity index (χ2v) is 8.10. The molecule has 1 amide bonds. The molecule has 0 saturated carbocycles. The lowest BCUT2D eigenvalue weighted by Gasteiger charge is -2.32. The van der Waals surface area contributed by atoms with Crippen LogP contribution in [-0.4, -0.2) is 39.1 Å². The number of nitrogens with zero attached hydrogens (tertiary/aromatic N) is 3. The summed E-state index contributed by atoms with van der Waals surface area (Å²) in [4.78, 5) is 30.6. The van der Waals surface area contributed by atoms with E-state index in [0.717, 1.165) is 30.7 Å². The maximum atomic E-state index is 12.8. The van der Waals surface area contributed by atoms with Gasteiger partial charge in [-0.2, -0.15) is 5.10 Å². The summed E-state index contributed by atoms with van der Waals surface area (Å²) in [5.41, 5.74) is 5.80. The van der Waals surface area contributed by atoms with Crippen molar-refractivity contribution >= 4 is 5.91 Å². The summed E-state index contributed by atoms with van der Waals surface area (Å²) in [6, 6.07) is 15.7. The molecule has 6 heteroatoms. The van der Waals surface area contributed by atoms with Gasteiger partial charge in [-0.15, -0.1) is 0 Å². The summed E-state index contributed by atoms with van der Waals surface area (Å²) in [5, 5.41) is 6.23. The van der Waals surface area contributed by atoms with Crippen molar-refractivity contribution in [3.05, 3.63) is 92.7 Å². The van der Waals surface area contributed by atoms with Crippen molar-refractivity contribution in [1.29, 1.82) is 0 Å². The fourth-order valence-electron chi connectivity index (χ4n) is 4.17. The molecule has 1 aliphatic rings. The number of H-pyrrole nitrogens is 1. The molecule has 1 N–H and O–H groups in total. The summed E-state index contributed by atoms with van der Waals surface area (Å²) in [7, 11) is 0. The van der Waals surface area contributed by atoms with Crippen molar-refractivity contribution in [3.63, 3.8) is 0 Å². The number of carbonyl (C=O) groups is 1. The number of nitrogens with one attached hydrogen (secondary N) is 1. The summed E-state index contributed by atoms with van der Waals surface area (Å²) in [6.45, 7) is 5.44. The minimum absolute atomic E-state index is 0.149. The molecule has 0 spiro atoms. The predicted octanol–water partition coefficient (Wildman–Crippen LogP) is 3.39. The Kier molecular flexibility index (Phi) is 5.74. The van der Waals surface area contributed by atoms with Crippen LogP contribution in [0.5, 0.6) is 0 Å². The quantitative estimate of drug-likeness (QED) is 0.725. The number of rotatable bonds is 4. The smallest absolute Gasteiger partial charge is 0.274 e. The van der Waals surface area contributed by atoms with Crippen molar-refractivity contribution in [2.75, 3.05) is 13.1 Å². The number of amides is 1. The molecular weight excluding hydrogens is 376 g/mol. The zero-order chi connectivity index (χ0) is 21.1. The normalized spacial score (nSPS) is 16.5. The summed E-state index contributed by atoms with van der Waals surface area (Å²) in [5.74, 6) is 0.0465. The van der Waals surface area contributed by atoms with Crippen molar-refractivity contribution in [3.8, 4) is 0 Å². The van der Waals surface area contributed by atoms with Crippen LogP contribution in [0.1, 0.15) is 57.3 Å². The lowest BCUT2D eigenvalue weighted by Crippen LogP contribution is -2.40. The van der Waals surface area contributed by atoms with Gasteiger partial charge in [-0.3, -0.25) is 14.6 Å². The minimum Gasteiger partial charge on any atom is -0.337 e. The van der Waals surface area contributed by atoms with Crippen LogP contribution < -0.4 is 5.56 Å². The van der Waals surface area contributed by atoms with Crippen LogP contribution >= 0.6 is 0 Å². The molecule has 2 aromatic heterocycles. The van der Waals surface area contributed by atoms with Gasteiger partial charge in [0.1, 0.15) is 5.69 Å². The van der Waals surface area contributed by atoms with Gasteiger partial charge >= 0.3 is 0 Å². The number of likely N-dealkylation sites (tertiary alicyclic amines) is 1. The van der Waals surface area contributed by atoms with Crippen LogP contribution in [-0.2, 0) is 6.42 Å². The highest BCUT2D eigenvalue weighted by Gasteiger charge is 2.27. The first-order chi connectivity index (χ1) is 14.5. The number of hydrogen-bond acceptors (Lipinski definition) is 4. The molecule has 6 nitrogen and oxygen atoms in total. The van der Waals surface area contributed by atoms with Crippen LogP contribution in [0.25, 0.3) is 0 Å². The van der Waals surface area contributed by atoms with Crippen LogP contribution in [0.15, 0.2) is 53.3 Å². The Bertz CT molecular complexity index is 1100. The molecule has 1 saturated heterocycles. The van der Waals surface area contributed by atoms with Crippen LogP contribution in [0.2, 0.25) is 0 Å². The fourth-order valence-corrected chi connectivity index (χ4v) is 4.17. The molecule has 4 rings (SSSR count). The molecule has 1 unspecified atom stereocenters. The van der Waals surface area contributed by atoms with Gasteiger partial charge in [0.2, 0.25) is 0 Å². The molecule has 3 aromatic rings. The Balaban J connectivity index is 1.53. The van der Waals surface area contributed by atoms with Gasteiger partial charge in [0, 0.05) is 36.5 Å². The fraction of sp³-hybridized carbons (Fsp3) is 0.333. The predicted molar refractivity (Wildman–Crippen MR) is 116 cm³/mol. The SMILES string of the molecule is Cc1cccc(Cc2cc(C)nc(C3CCCN(C(=O)c4ccc(=O)[nH]n4)C3)c2)c1. The number of aryl methyl sites for hydroxylation is 2. The number of carbonyl (C=O) groups excluding carboxylic acids is 1. The summed E-state index contributed by atoms with van der Waals surface area (Å²) in [6.07, 6.45) is 2.79. The van der Waals surface area contributed by atoms with Gasteiger partial charge in [-0.05, 0) is 62.4 Å².